The van der Waals surface area contributed by atoms with Crippen molar-refractivity contribution in [3.05, 3.63) is 74.3 Å². The van der Waals surface area contributed by atoms with Crippen molar-refractivity contribution in [3.63, 3.8) is 0 Å². The maximum absolute atomic E-state index is 11.7. The van der Waals surface area contributed by atoms with Crippen LogP contribution in [0.25, 0.3) is 0 Å². The lowest BCUT2D eigenvalue weighted by atomic mass is 10.2. The Morgan fingerprint density at radius 2 is 0.847 bits per heavy atom. The number of benzene rings is 2. The lowest BCUT2D eigenvalue weighted by Gasteiger charge is -2.09. The van der Waals surface area contributed by atoms with Crippen molar-refractivity contribution in [2.75, 3.05) is 164 Å². The number of anilines is 1. The molecule has 1 amide bonds. The van der Waals surface area contributed by atoms with Gasteiger partial charge in [-0.3, -0.25) is 20.2 Å². The van der Waals surface area contributed by atoms with Gasteiger partial charge in [-0.2, -0.15) is 0 Å². The van der Waals surface area contributed by atoms with E-state index in [4.69, 9.17) is 56.8 Å². The van der Waals surface area contributed by atoms with E-state index < -0.39 is 15.9 Å². The molecule has 0 unspecified atom stereocenters. The topological polar surface area (TPSA) is 238 Å². The zero-order chi connectivity index (χ0) is 42.3. The number of carbonyl (C=O) groups is 1. The first-order valence-corrected chi connectivity index (χ1v) is 19.4. The van der Waals surface area contributed by atoms with Gasteiger partial charge < -0.3 is 67.5 Å². The molecule has 2 rings (SSSR count). The highest BCUT2D eigenvalue weighted by Gasteiger charge is 2.19. The second-order valence-electron chi connectivity index (χ2n) is 11.9. The number of ether oxygens (including phenoxy) is 12. The molecule has 334 valence electrons. The first-order chi connectivity index (χ1) is 29.0. The van der Waals surface area contributed by atoms with E-state index in [1.54, 1.807) is 0 Å². The second kappa shape index (κ2) is 36.9. The quantitative estimate of drug-likeness (QED) is 0.0556. The van der Waals surface area contributed by atoms with Crippen molar-refractivity contribution in [1.82, 2.24) is 5.32 Å². The van der Waals surface area contributed by atoms with Crippen molar-refractivity contribution in [2.24, 2.45) is 0 Å². The highest BCUT2D eigenvalue weighted by atomic mass is 16.6. The Bertz CT molecular complexity index is 1350. The Labute approximate surface area is 344 Å². The standard InChI is InChI=1S/C38H60N4O17/c43-38(59-33-34-4-2-1-3-5-34)40-9-11-49-13-15-51-17-19-53-21-23-55-25-27-57-29-31-58-30-28-56-26-24-54-22-20-52-18-16-50-14-12-48-10-8-39-36-7-6-35(41(44)45)32-37(36)42(46)47/h1-7,32,39H,8-31,33H2,(H,40,43). The summed E-state index contributed by atoms with van der Waals surface area (Å²) in [6, 6.07) is 12.9. The highest BCUT2D eigenvalue weighted by Crippen LogP contribution is 2.28. The van der Waals surface area contributed by atoms with Crippen LogP contribution in [0.2, 0.25) is 0 Å². The van der Waals surface area contributed by atoms with Gasteiger partial charge in [0.2, 0.25) is 0 Å². The summed E-state index contributed by atoms with van der Waals surface area (Å²) in [6.07, 6.45) is -0.481. The number of carbonyl (C=O) groups excluding carboxylic acids is 1. The fourth-order valence-electron chi connectivity index (χ4n) is 4.49. The highest BCUT2D eigenvalue weighted by molar-refractivity contribution is 5.67. The smallest absolute Gasteiger partial charge is 0.407 e. The van der Waals surface area contributed by atoms with Gasteiger partial charge in [0.15, 0.2) is 0 Å². The Kier molecular flexibility index (Phi) is 31.9. The number of rotatable bonds is 41. The van der Waals surface area contributed by atoms with Crippen molar-refractivity contribution in [2.45, 2.75) is 6.61 Å². The molecule has 0 radical (unpaired) electrons. The Morgan fingerprint density at radius 3 is 1.22 bits per heavy atom. The minimum Gasteiger partial charge on any atom is -0.445 e. The molecule has 0 atom stereocenters. The summed E-state index contributed by atoms with van der Waals surface area (Å²) in [5.74, 6) is 0. The molecular formula is C38H60N4O17. The van der Waals surface area contributed by atoms with E-state index in [-0.39, 0.29) is 36.8 Å². The number of hydrogen-bond acceptors (Lipinski definition) is 18. The van der Waals surface area contributed by atoms with Gasteiger partial charge in [-0.1, -0.05) is 30.3 Å². The Morgan fingerprint density at radius 1 is 0.475 bits per heavy atom. The molecule has 0 aliphatic heterocycles. The van der Waals surface area contributed by atoms with Gasteiger partial charge >= 0.3 is 6.09 Å². The molecule has 0 aromatic heterocycles. The summed E-state index contributed by atoms with van der Waals surface area (Å²) in [6.45, 7) is 10.2. The summed E-state index contributed by atoms with van der Waals surface area (Å²) in [5.41, 5.74) is 0.387. The molecule has 0 spiro atoms. The average molecular weight is 845 g/mol. The van der Waals surface area contributed by atoms with E-state index in [0.717, 1.165) is 11.6 Å². The number of nitro groups is 2. The third-order valence-corrected chi connectivity index (χ3v) is 7.40. The summed E-state index contributed by atoms with van der Waals surface area (Å²) < 4.78 is 65.1. The monoisotopic (exact) mass is 844 g/mol. The molecular weight excluding hydrogens is 784 g/mol. The fraction of sp³-hybridized carbons (Fsp3) is 0.658. The lowest BCUT2D eigenvalue weighted by Crippen LogP contribution is -2.28. The molecule has 21 nitrogen and oxygen atoms in total. The summed E-state index contributed by atoms with van der Waals surface area (Å²) in [7, 11) is 0. The third kappa shape index (κ3) is 29.7. The molecule has 0 saturated carbocycles. The molecule has 2 aromatic carbocycles. The number of non-ortho nitro benzene ring substituents is 1. The molecule has 0 aliphatic carbocycles. The number of amides is 1. The van der Waals surface area contributed by atoms with Crippen LogP contribution in [0.3, 0.4) is 0 Å². The second-order valence-corrected chi connectivity index (χ2v) is 11.9. The van der Waals surface area contributed by atoms with Crippen LogP contribution in [0.1, 0.15) is 5.56 Å². The molecule has 2 N–H and O–H groups in total. The molecule has 0 aliphatic rings. The van der Waals surface area contributed by atoms with E-state index in [1.165, 1.54) is 12.1 Å². The summed E-state index contributed by atoms with van der Waals surface area (Å²) in [5, 5.41) is 27.5. The zero-order valence-electron chi connectivity index (χ0n) is 33.6. The normalized spacial score (nSPS) is 11.1. The number of nitrogens with one attached hydrogen (secondary N) is 2. The van der Waals surface area contributed by atoms with Crippen molar-refractivity contribution in [1.29, 1.82) is 0 Å². The maximum atomic E-state index is 11.7. The number of nitrogens with zero attached hydrogens (tertiary/aromatic N) is 2. The Balaban J connectivity index is 1.17. The van der Waals surface area contributed by atoms with Crippen LogP contribution in [-0.4, -0.2) is 174 Å². The SMILES string of the molecule is O=C(NCCOCCOCCOCCOCCOCCOCCOCCOCCOCCOCCOCCNc1ccc([N+](=O)[O-])cc1[N+](=O)[O-])OCc1ccccc1. The van der Waals surface area contributed by atoms with Gasteiger partial charge in [-0.15, -0.1) is 0 Å². The van der Waals surface area contributed by atoms with Gasteiger partial charge in [-0.25, -0.2) is 4.79 Å². The fourth-order valence-corrected chi connectivity index (χ4v) is 4.49. The predicted molar refractivity (Wildman–Crippen MR) is 212 cm³/mol. The minimum absolute atomic E-state index is 0.181. The summed E-state index contributed by atoms with van der Waals surface area (Å²) >= 11 is 0. The predicted octanol–water partition coefficient (Wildman–Crippen LogP) is 3.02. The van der Waals surface area contributed by atoms with Crippen LogP contribution in [-0.2, 0) is 63.4 Å². The van der Waals surface area contributed by atoms with E-state index in [1.807, 2.05) is 30.3 Å². The van der Waals surface area contributed by atoms with Crippen LogP contribution in [0, 0.1) is 20.2 Å². The minimum atomic E-state index is -0.684. The number of alkyl carbamates (subject to hydrolysis) is 1. The van der Waals surface area contributed by atoms with Crippen molar-refractivity contribution >= 4 is 23.2 Å². The largest absolute Gasteiger partial charge is 0.445 e. The number of nitro benzene ring substituents is 2. The molecule has 21 heteroatoms. The van der Waals surface area contributed by atoms with Gasteiger partial charge in [-0.05, 0) is 11.6 Å². The van der Waals surface area contributed by atoms with E-state index in [9.17, 15) is 25.0 Å². The molecule has 0 fully saturated rings. The third-order valence-electron chi connectivity index (χ3n) is 7.40. The van der Waals surface area contributed by atoms with Crippen LogP contribution < -0.4 is 10.6 Å². The van der Waals surface area contributed by atoms with E-state index in [2.05, 4.69) is 10.6 Å². The molecule has 2 aromatic rings. The first kappa shape index (κ1) is 51.0. The summed E-state index contributed by atoms with van der Waals surface area (Å²) in [4.78, 5) is 32.3. The zero-order valence-corrected chi connectivity index (χ0v) is 33.6. The number of hydrogen-bond donors (Lipinski definition) is 2. The van der Waals surface area contributed by atoms with Gasteiger partial charge in [0.05, 0.1) is 161 Å². The van der Waals surface area contributed by atoms with Gasteiger partial charge in [0, 0.05) is 19.2 Å². The van der Waals surface area contributed by atoms with Crippen molar-refractivity contribution in [3.8, 4) is 0 Å². The Hall–Kier alpha value is -4.13. The van der Waals surface area contributed by atoms with Crippen molar-refractivity contribution < 1.29 is 71.5 Å². The van der Waals surface area contributed by atoms with Crippen LogP contribution in [0.5, 0.6) is 0 Å². The maximum Gasteiger partial charge on any atom is 0.407 e. The molecule has 59 heavy (non-hydrogen) atoms. The molecule has 0 saturated heterocycles. The van der Waals surface area contributed by atoms with Crippen LogP contribution >= 0.6 is 0 Å². The lowest BCUT2D eigenvalue weighted by molar-refractivity contribution is -0.393. The van der Waals surface area contributed by atoms with E-state index >= 15 is 0 Å². The van der Waals surface area contributed by atoms with Crippen LogP contribution in [0.4, 0.5) is 21.9 Å². The average Bonchev–Trinajstić information content (AvgIpc) is 3.24. The molecule has 0 bridgehead atoms. The van der Waals surface area contributed by atoms with Gasteiger partial charge in [0.1, 0.15) is 12.3 Å². The first-order valence-electron chi connectivity index (χ1n) is 19.4. The van der Waals surface area contributed by atoms with Gasteiger partial charge in [0.25, 0.3) is 11.4 Å². The molecule has 0 heterocycles. The van der Waals surface area contributed by atoms with Crippen LogP contribution in [0.15, 0.2) is 48.5 Å². The van der Waals surface area contributed by atoms with E-state index in [0.29, 0.717) is 145 Å².